The van der Waals surface area contributed by atoms with E-state index in [1.807, 2.05) is 18.2 Å². The minimum absolute atomic E-state index is 0.202. The highest BCUT2D eigenvalue weighted by atomic mass is 35.5. The van der Waals surface area contributed by atoms with E-state index in [0.717, 1.165) is 16.2 Å². The summed E-state index contributed by atoms with van der Waals surface area (Å²) in [4.78, 5) is 2.35. The van der Waals surface area contributed by atoms with Crippen molar-refractivity contribution >= 4 is 34.5 Å². The molecule has 0 amide bonds. The monoisotopic (exact) mass is 286 g/mol. The quantitative estimate of drug-likeness (QED) is 0.718. The highest BCUT2D eigenvalue weighted by Crippen LogP contribution is 2.38. The average molecular weight is 287 g/mol. The molecule has 1 aromatic carbocycles. The van der Waals surface area contributed by atoms with Gasteiger partial charge in [-0.15, -0.1) is 22.9 Å². The summed E-state index contributed by atoms with van der Waals surface area (Å²) in [6, 6.07) is 9.67. The Kier molecular flexibility index (Phi) is 3.97. The van der Waals surface area contributed by atoms with Gasteiger partial charge in [0, 0.05) is 14.8 Å². The number of alkyl halides is 1. The third kappa shape index (κ3) is 2.76. The first kappa shape index (κ1) is 12.7. The summed E-state index contributed by atoms with van der Waals surface area (Å²) in [6.45, 7) is 2.06. The van der Waals surface area contributed by atoms with Crippen molar-refractivity contribution < 1.29 is 4.74 Å². The number of rotatable bonds is 3. The lowest BCUT2D eigenvalue weighted by Crippen LogP contribution is -1.92. The smallest absolute Gasteiger partial charge is 0.120 e. The summed E-state index contributed by atoms with van der Waals surface area (Å²) >= 11 is 14.3. The summed E-state index contributed by atoms with van der Waals surface area (Å²) < 4.78 is 5.11. The lowest BCUT2D eigenvalue weighted by Gasteiger charge is -2.11. The number of methoxy groups -OCH3 is 1. The number of hydrogen-bond acceptors (Lipinski definition) is 2. The van der Waals surface area contributed by atoms with Crippen LogP contribution in [0.2, 0.25) is 5.02 Å². The molecule has 0 bridgehead atoms. The molecule has 0 N–H and O–H groups in total. The van der Waals surface area contributed by atoms with Gasteiger partial charge in [-0.3, -0.25) is 0 Å². The predicted molar refractivity (Wildman–Crippen MR) is 74.8 cm³/mol. The molecule has 1 unspecified atom stereocenters. The van der Waals surface area contributed by atoms with Crippen molar-refractivity contribution in [2.24, 2.45) is 0 Å². The van der Waals surface area contributed by atoms with Crippen LogP contribution in [0.3, 0.4) is 0 Å². The lowest BCUT2D eigenvalue weighted by molar-refractivity contribution is 0.414. The zero-order chi connectivity index (χ0) is 12.4. The molecule has 0 saturated carbocycles. The van der Waals surface area contributed by atoms with Crippen LogP contribution in [0, 0.1) is 6.92 Å². The Morgan fingerprint density at radius 1 is 1.24 bits per heavy atom. The molecule has 0 aliphatic heterocycles. The molecule has 0 saturated heterocycles. The number of halogens is 2. The molecular formula is C13H12Cl2OS. The van der Waals surface area contributed by atoms with Gasteiger partial charge in [0.1, 0.15) is 5.75 Å². The van der Waals surface area contributed by atoms with Crippen molar-refractivity contribution in [2.45, 2.75) is 12.3 Å². The Labute approximate surface area is 115 Å². The van der Waals surface area contributed by atoms with E-state index in [0.29, 0.717) is 5.02 Å². The maximum atomic E-state index is 6.43. The molecule has 90 valence electrons. The Hall–Kier alpha value is -0.700. The highest BCUT2D eigenvalue weighted by Gasteiger charge is 2.16. The Morgan fingerprint density at radius 2 is 2.00 bits per heavy atom. The van der Waals surface area contributed by atoms with Gasteiger partial charge < -0.3 is 4.74 Å². The molecule has 1 nitrogen and oxygen atoms in total. The van der Waals surface area contributed by atoms with Crippen LogP contribution >= 0.6 is 34.5 Å². The molecule has 2 aromatic rings. The van der Waals surface area contributed by atoms with E-state index in [1.54, 1.807) is 24.5 Å². The highest BCUT2D eigenvalue weighted by molar-refractivity contribution is 7.12. The van der Waals surface area contributed by atoms with Crippen LogP contribution in [0.15, 0.2) is 30.3 Å². The fourth-order valence-electron chi connectivity index (χ4n) is 1.58. The van der Waals surface area contributed by atoms with Crippen molar-refractivity contribution in [3.8, 4) is 5.75 Å². The van der Waals surface area contributed by atoms with Gasteiger partial charge in [0.25, 0.3) is 0 Å². The Bertz CT molecular complexity index is 522. The summed E-state index contributed by atoms with van der Waals surface area (Å²) in [5.41, 5.74) is 0.913. The van der Waals surface area contributed by atoms with E-state index in [9.17, 15) is 0 Å². The lowest BCUT2D eigenvalue weighted by atomic mass is 10.1. The molecule has 1 heterocycles. The molecule has 0 spiro atoms. The summed E-state index contributed by atoms with van der Waals surface area (Å²) in [6.07, 6.45) is 0. The van der Waals surface area contributed by atoms with Crippen LogP contribution in [0.4, 0.5) is 0 Å². The fraction of sp³-hybridized carbons (Fsp3) is 0.231. The van der Waals surface area contributed by atoms with Crippen molar-refractivity contribution in [2.75, 3.05) is 7.11 Å². The number of benzene rings is 1. The topological polar surface area (TPSA) is 9.23 Å². The van der Waals surface area contributed by atoms with Gasteiger partial charge in [-0.05, 0) is 36.8 Å². The van der Waals surface area contributed by atoms with E-state index in [-0.39, 0.29) is 5.38 Å². The standard InChI is InChI=1S/C13H12Cl2OS/c1-8-3-6-12(17-8)13(15)10-5-4-9(16-2)7-11(10)14/h3-7,13H,1-2H3. The molecule has 1 atom stereocenters. The van der Waals surface area contributed by atoms with E-state index < -0.39 is 0 Å². The van der Waals surface area contributed by atoms with Crippen LogP contribution in [-0.2, 0) is 0 Å². The van der Waals surface area contributed by atoms with Gasteiger partial charge in [-0.1, -0.05) is 17.7 Å². The van der Waals surface area contributed by atoms with Crippen LogP contribution in [0.25, 0.3) is 0 Å². The molecule has 4 heteroatoms. The van der Waals surface area contributed by atoms with Crippen molar-refractivity contribution in [1.29, 1.82) is 0 Å². The van der Waals surface area contributed by atoms with Gasteiger partial charge in [0.05, 0.1) is 12.5 Å². The van der Waals surface area contributed by atoms with Crippen LogP contribution in [0.1, 0.15) is 20.7 Å². The molecule has 0 aliphatic rings. The zero-order valence-electron chi connectivity index (χ0n) is 9.54. The maximum Gasteiger partial charge on any atom is 0.120 e. The minimum atomic E-state index is -0.202. The molecule has 0 radical (unpaired) electrons. The number of hydrogen-bond donors (Lipinski definition) is 0. The molecule has 0 fully saturated rings. The first-order valence-electron chi connectivity index (χ1n) is 5.15. The molecular weight excluding hydrogens is 275 g/mol. The van der Waals surface area contributed by atoms with Gasteiger partial charge >= 0.3 is 0 Å². The fourth-order valence-corrected chi connectivity index (χ4v) is 3.19. The minimum Gasteiger partial charge on any atom is -0.497 e. The van der Waals surface area contributed by atoms with Crippen molar-refractivity contribution in [3.63, 3.8) is 0 Å². The first-order chi connectivity index (χ1) is 8.11. The normalized spacial score (nSPS) is 12.5. The van der Waals surface area contributed by atoms with E-state index >= 15 is 0 Å². The summed E-state index contributed by atoms with van der Waals surface area (Å²) in [5, 5.41) is 0.433. The van der Waals surface area contributed by atoms with Gasteiger partial charge in [0.15, 0.2) is 0 Å². The molecule has 17 heavy (non-hydrogen) atoms. The van der Waals surface area contributed by atoms with Gasteiger partial charge in [0.2, 0.25) is 0 Å². The summed E-state index contributed by atoms with van der Waals surface area (Å²) in [7, 11) is 1.62. The van der Waals surface area contributed by atoms with Gasteiger partial charge in [-0.2, -0.15) is 0 Å². The third-order valence-corrected chi connectivity index (χ3v) is 4.48. The van der Waals surface area contributed by atoms with E-state index in [2.05, 4.69) is 13.0 Å². The third-order valence-electron chi connectivity index (χ3n) is 2.49. The molecule has 1 aromatic heterocycles. The number of ether oxygens (including phenoxy) is 1. The number of aryl methyl sites for hydroxylation is 1. The Morgan fingerprint density at radius 3 is 2.53 bits per heavy atom. The average Bonchev–Trinajstić information content (AvgIpc) is 2.75. The molecule has 0 aliphatic carbocycles. The Balaban J connectivity index is 2.34. The predicted octanol–water partition coefficient (Wildman–Crippen LogP) is 5.05. The number of thiophene rings is 1. The van der Waals surface area contributed by atoms with Crippen LogP contribution in [0.5, 0.6) is 5.75 Å². The molecule has 2 rings (SSSR count). The second kappa shape index (κ2) is 5.30. The van der Waals surface area contributed by atoms with Crippen LogP contribution < -0.4 is 4.74 Å². The van der Waals surface area contributed by atoms with Crippen molar-refractivity contribution in [1.82, 2.24) is 0 Å². The summed E-state index contributed by atoms with van der Waals surface area (Å²) in [5.74, 6) is 0.741. The SMILES string of the molecule is COc1ccc(C(Cl)c2ccc(C)s2)c(Cl)c1. The van der Waals surface area contributed by atoms with E-state index in [4.69, 9.17) is 27.9 Å². The maximum absolute atomic E-state index is 6.43. The zero-order valence-corrected chi connectivity index (χ0v) is 11.9. The second-order valence-electron chi connectivity index (χ2n) is 3.70. The largest absolute Gasteiger partial charge is 0.497 e. The van der Waals surface area contributed by atoms with Gasteiger partial charge in [-0.25, -0.2) is 0 Å². The first-order valence-corrected chi connectivity index (χ1v) is 6.78. The second-order valence-corrected chi connectivity index (χ2v) is 5.86. The van der Waals surface area contributed by atoms with E-state index in [1.165, 1.54) is 4.88 Å². The van der Waals surface area contributed by atoms with Crippen LogP contribution in [-0.4, -0.2) is 7.11 Å². The van der Waals surface area contributed by atoms with Crippen molar-refractivity contribution in [3.05, 3.63) is 50.7 Å².